The largest absolute Gasteiger partial charge is 0.481 e. The molecule has 196 valence electrons. The molecule has 3 aromatic rings. The molecule has 4 N–H and O–H groups in total. The molecular weight excluding hydrogens is 506 g/mol. The van der Waals surface area contributed by atoms with Crippen LogP contribution in [0.25, 0.3) is 11.6 Å². The molecule has 0 atom stereocenters. The van der Waals surface area contributed by atoms with Gasteiger partial charge in [0, 0.05) is 46.7 Å². The van der Waals surface area contributed by atoms with Gasteiger partial charge >= 0.3 is 5.97 Å². The number of rotatable bonds is 7. The van der Waals surface area contributed by atoms with E-state index in [1.807, 2.05) is 13.8 Å². The minimum Gasteiger partial charge on any atom is -0.481 e. The predicted molar refractivity (Wildman–Crippen MR) is 143 cm³/mol. The van der Waals surface area contributed by atoms with Crippen molar-refractivity contribution in [1.29, 1.82) is 0 Å². The topological polar surface area (TPSA) is 145 Å². The minimum absolute atomic E-state index is 0.0496. The van der Waals surface area contributed by atoms with Crippen molar-refractivity contribution in [1.82, 2.24) is 4.98 Å². The van der Waals surface area contributed by atoms with Crippen molar-refractivity contribution in [2.45, 2.75) is 44.4 Å². The zero-order valence-corrected chi connectivity index (χ0v) is 21.7. The van der Waals surface area contributed by atoms with Gasteiger partial charge in [-0.15, -0.1) is 0 Å². The number of hydrogen-bond donors (Lipinski definition) is 4. The van der Waals surface area contributed by atoms with E-state index in [0.717, 1.165) is 5.69 Å². The summed E-state index contributed by atoms with van der Waals surface area (Å²) in [7, 11) is -3.84. The third-order valence-electron chi connectivity index (χ3n) is 6.77. The van der Waals surface area contributed by atoms with Gasteiger partial charge < -0.3 is 15.4 Å². The number of ketones is 1. The normalized spacial score (nSPS) is 17.2. The molecule has 0 bridgehead atoms. The van der Waals surface area contributed by atoms with Gasteiger partial charge in [0.2, 0.25) is 0 Å². The number of aromatic nitrogens is 1. The number of carbonyl (C=O) groups excluding carboxylic acids is 2. The molecule has 0 saturated carbocycles. The zero-order valence-electron chi connectivity index (χ0n) is 20.9. The highest BCUT2D eigenvalue weighted by atomic mass is 32.2. The zero-order chi connectivity index (χ0) is 27.2. The minimum atomic E-state index is -3.84. The Morgan fingerprint density at radius 3 is 2.55 bits per heavy atom. The number of anilines is 2. The van der Waals surface area contributed by atoms with Gasteiger partial charge in [0.25, 0.3) is 15.9 Å². The SMILES string of the molecule is CC1(C)CC(=O)c2c([nH]c(/C=C3\C(=O)Nc4ccc(NS(=O)(=O)c5ccccc5)cc43)c2CCC(=O)O)C1. The Kier molecular flexibility index (Phi) is 6.22. The summed E-state index contributed by atoms with van der Waals surface area (Å²) in [6.07, 6.45) is 2.56. The lowest BCUT2D eigenvalue weighted by atomic mass is 9.75. The number of sulfonamides is 1. The smallest absolute Gasteiger partial charge is 0.303 e. The van der Waals surface area contributed by atoms with Crippen LogP contribution in [0.1, 0.15) is 59.6 Å². The van der Waals surface area contributed by atoms with Gasteiger partial charge in [-0.1, -0.05) is 32.0 Å². The van der Waals surface area contributed by atoms with E-state index in [0.29, 0.717) is 40.9 Å². The Morgan fingerprint density at radius 2 is 1.84 bits per heavy atom. The summed E-state index contributed by atoms with van der Waals surface area (Å²) >= 11 is 0. The van der Waals surface area contributed by atoms with Crippen LogP contribution in [-0.2, 0) is 32.5 Å². The number of H-pyrrole nitrogens is 1. The van der Waals surface area contributed by atoms with E-state index in [1.165, 1.54) is 12.1 Å². The molecule has 2 aliphatic rings. The molecule has 1 amide bonds. The van der Waals surface area contributed by atoms with Crippen LogP contribution >= 0.6 is 0 Å². The predicted octanol–water partition coefficient (Wildman–Crippen LogP) is 4.48. The Labute approximate surface area is 220 Å². The first-order valence-corrected chi connectivity index (χ1v) is 13.7. The standard InChI is InChI=1S/C28H27N3O6S/c1-28(2)14-23-26(24(32)15-28)18(9-11-25(33)34)22(29-23)13-20-19-12-16(8-10-21(19)30-27(20)35)31-38(36,37)17-6-4-3-5-7-17/h3-8,10,12-13,29,31H,9,11,14-15H2,1-2H3,(H,30,35)(H,33,34)/b20-13-. The fourth-order valence-corrected chi connectivity index (χ4v) is 6.19. The molecule has 0 radical (unpaired) electrons. The molecule has 0 saturated heterocycles. The van der Waals surface area contributed by atoms with Crippen molar-refractivity contribution < 1.29 is 27.9 Å². The van der Waals surface area contributed by atoms with E-state index in [4.69, 9.17) is 0 Å². The molecule has 5 rings (SSSR count). The van der Waals surface area contributed by atoms with E-state index in [9.17, 15) is 27.9 Å². The van der Waals surface area contributed by atoms with Crippen LogP contribution in [0, 0.1) is 5.41 Å². The van der Waals surface area contributed by atoms with Gasteiger partial charge in [0.15, 0.2) is 5.78 Å². The number of amides is 1. The Hall–Kier alpha value is -4.18. The summed E-state index contributed by atoms with van der Waals surface area (Å²) in [4.78, 5) is 40.7. The van der Waals surface area contributed by atoms with Crippen LogP contribution < -0.4 is 10.0 Å². The second kappa shape index (κ2) is 9.29. The number of benzene rings is 2. The average Bonchev–Trinajstić information content (AvgIpc) is 3.33. The molecule has 1 aromatic heterocycles. The number of aromatic amines is 1. The summed E-state index contributed by atoms with van der Waals surface area (Å²) < 4.78 is 28.2. The summed E-state index contributed by atoms with van der Waals surface area (Å²) in [5.74, 6) is -1.42. The van der Waals surface area contributed by atoms with E-state index >= 15 is 0 Å². The number of fused-ring (bicyclic) bond motifs is 2. The van der Waals surface area contributed by atoms with Crippen molar-refractivity contribution in [2.24, 2.45) is 5.41 Å². The van der Waals surface area contributed by atoms with E-state index in [-0.39, 0.29) is 46.1 Å². The first kappa shape index (κ1) is 25.5. The van der Waals surface area contributed by atoms with Crippen LogP contribution in [0.5, 0.6) is 0 Å². The number of carboxylic acid groups (broad SMARTS) is 1. The van der Waals surface area contributed by atoms with Crippen molar-refractivity contribution in [2.75, 3.05) is 10.0 Å². The average molecular weight is 534 g/mol. The second-order valence-electron chi connectivity index (χ2n) is 10.4. The lowest BCUT2D eigenvalue weighted by molar-refractivity contribution is -0.137. The molecule has 0 spiro atoms. The molecule has 10 heteroatoms. The third kappa shape index (κ3) is 4.87. The fourth-order valence-electron chi connectivity index (χ4n) is 5.12. The summed E-state index contributed by atoms with van der Waals surface area (Å²) in [6, 6.07) is 12.7. The van der Waals surface area contributed by atoms with Crippen LogP contribution in [0.3, 0.4) is 0 Å². The first-order chi connectivity index (χ1) is 17.9. The summed E-state index contributed by atoms with van der Waals surface area (Å²) in [5, 5.41) is 12.1. The van der Waals surface area contributed by atoms with Crippen LogP contribution in [0.15, 0.2) is 53.4 Å². The third-order valence-corrected chi connectivity index (χ3v) is 8.17. The molecule has 9 nitrogen and oxygen atoms in total. The van der Waals surface area contributed by atoms with E-state index in [1.54, 1.807) is 42.5 Å². The Balaban J connectivity index is 1.56. The van der Waals surface area contributed by atoms with Gasteiger partial charge in [-0.05, 0) is 60.2 Å². The highest BCUT2D eigenvalue weighted by Crippen LogP contribution is 2.40. The van der Waals surface area contributed by atoms with Crippen molar-refractivity contribution in [3.63, 3.8) is 0 Å². The molecule has 0 fully saturated rings. The molecule has 1 aliphatic carbocycles. The quantitative estimate of drug-likeness (QED) is 0.330. The van der Waals surface area contributed by atoms with Crippen LogP contribution in [0.2, 0.25) is 0 Å². The lowest BCUT2D eigenvalue weighted by Gasteiger charge is -2.28. The van der Waals surface area contributed by atoms with Crippen molar-refractivity contribution >= 4 is 50.7 Å². The van der Waals surface area contributed by atoms with Crippen LogP contribution in [-0.4, -0.2) is 36.2 Å². The maximum Gasteiger partial charge on any atom is 0.303 e. The van der Waals surface area contributed by atoms with E-state index in [2.05, 4.69) is 15.0 Å². The van der Waals surface area contributed by atoms with Gasteiger partial charge in [0.05, 0.1) is 10.5 Å². The van der Waals surface area contributed by atoms with Crippen LogP contribution in [0.4, 0.5) is 11.4 Å². The second-order valence-corrected chi connectivity index (χ2v) is 12.1. The highest BCUT2D eigenvalue weighted by molar-refractivity contribution is 7.92. The molecule has 2 aromatic carbocycles. The number of carboxylic acids is 1. The number of aliphatic carboxylic acids is 1. The molecule has 38 heavy (non-hydrogen) atoms. The maximum absolute atomic E-state index is 13.0. The molecule has 0 unspecified atom stereocenters. The first-order valence-electron chi connectivity index (χ1n) is 12.2. The number of nitrogens with one attached hydrogen (secondary N) is 3. The van der Waals surface area contributed by atoms with Gasteiger partial charge in [-0.3, -0.25) is 19.1 Å². The van der Waals surface area contributed by atoms with Crippen molar-refractivity contribution in [3.05, 3.63) is 76.6 Å². The van der Waals surface area contributed by atoms with Gasteiger partial charge in [0.1, 0.15) is 0 Å². The molecular formula is C28H27N3O6S. The number of hydrogen-bond acceptors (Lipinski definition) is 5. The van der Waals surface area contributed by atoms with Crippen molar-refractivity contribution in [3.8, 4) is 0 Å². The van der Waals surface area contributed by atoms with E-state index < -0.39 is 16.0 Å². The highest BCUT2D eigenvalue weighted by Gasteiger charge is 2.35. The fraction of sp³-hybridized carbons (Fsp3) is 0.250. The maximum atomic E-state index is 13.0. The van der Waals surface area contributed by atoms with Gasteiger partial charge in [-0.25, -0.2) is 8.42 Å². The Morgan fingerprint density at radius 1 is 1.11 bits per heavy atom. The van der Waals surface area contributed by atoms with Gasteiger partial charge in [-0.2, -0.15) is 0 Å². The summed E-state index contributed by atoms with van der Waals surface area (Å²) in [5.41, 5.74) is 3.67. The number of carbonyl (C=O) groups is 3. The molecule has 2 heterocycles. The Bertz CT molecular complexity index is 1620. The monoisotopic (exact) mass is 533 g/mol. The lowest BCUT2D eigenvalue weighted by Crippen LogP contribution is -2.27. The summed E-state index contributed by atoms with van der Waals surface area (Å²) in [6.45, 7) is 4.00. The number of Topliss-reactive ketones (excluding diaryl/α,β-unsaturated/α-hetero) is 1. The molecule has 1 aliphatic heterocycles.